The Balaban J connectivity index is 0.00000361. The molecule has 1 heterocycles. The van der Waals surface area contributed by atoms with Crippen molar-refractivity contribution in [3.8, 4) is 0 Å². The van der Waals surface area contributed by atoms with Gasteiger partial charge in [0.1, 0.15) is 5.52 Å². The van der Waals surface area contributed by atoms with Crippen molar-refractivity contribution in [2.45, 2.75) is 4.90 Å². The highest BCUT2D eigenvalue weighted by Gasteiger charge is 2.24. The molecule has 10 heteroatoms. The molecule has 4 rings (SSSR count). The lowest BCUT2D eigenvalue weighted by Gasteiger charge is -2.22. The Kier molecular flexibility index (Phi) is 8.63. The van der Waals surface area contributed by atoms with E-state index in [0.29, 0.717) is 45.1 Å². The van der Waals surface area contributed by atoms with Crippen LogP contribution in [0.15, 0.2) is 77.7 Å². The molecule has 0 bridgehead atoms. The van der Waals surface area contributed by atoms with Crippen LogP contribution in [0.5, 0.6) is 0 Å². The van der Waals surface area contributed by atoms with Crippen molar-refractivity contribution < 1.29 is 18.0 Å². The number of likely N-dealkylation sites (N-methyl/N-ethyl adjacent to an activating group) is 1. The first-order valence-corrected chi connectivity index (χ1v) is 13.6. The third kappa shape index (κ3) is 5.99. The first kappa shape index (κ1) is 27.5. The van der Waals surface area contributed by atoms with Crippen molar-refractivity contribution in [2.75, 3.05) is 38.3 Å². The summed E-state index contributed by atoms with van der Waals surface area (Å²) in [6.07, 6.45) is 1.15. The molecule has 0 atom stereocenters. The lowest BCUT2D eigenvalue weighted by Crippen LogP contribution is -2.36. The number of amides is 1. The van der Waals surface area contributed by atoms with Gasteiger partial charge in [0.05, 0.1) is 9.60 Å². The number of para-hydroxylation sites is 1. The van der Waals surface area contributed by atoms with Crippen LogP contribution in [0.4, 0.5) is 5.13 Å². The Labute approximate surface area is 220 Å². The highest BCUT2D eigenvalue weighted by molar-refractivity contribution is 7.91. The topological polar surface area (TPSA) is 87.7 Å². The molecular formula is C26H26ClN3O4S2. The molecule has 188 valence electrons. The van der Waals surface area contributed by atoms with Gasteiger partial charge in [-0.05, 0) is 38.4 Å². The second-order valence-electron chi connectivity index (χ2n) is 8.40. The van der Waals surface area contributed by atoms with Gasteiger partial charge in [-0.25, -0.2) is 13.4 Å². The molecule has 0 N–H and O–H groups in total. The van der Waals surface area contributed by atoms with Crippen LogP contribution in [0.1, 0.15) is 26.3 Å². The fourth-order valence-electron chi connectivity index (χ4n) is 3.59. The molecular weight excluding hydrogens is 518 g/mol. The fourth-order valence-corrected chi connectivity index (χ4v) is 5.50. The number of ketones is 1. The minimum Gasteiger partial charge on any atom is -0.308 e. The van der Waals surface area contributed by atoms with Crippen LogP contribution in [0.25, 0.3) is 10.2 Å². The number of carbonyl (C=O) groups excluding carboxylic acids is 2. The van der Waals surface area contributed by atoms with Gasteiger partial charge >= 0.3 is 0 Å². The molecule has 0 saturated carbocycles. The monoisotopic (exact) mass is 543 g/mol. The van der Waals surface area contributed by atoms with E-state index in [1.54, 1.807) is 65.6 Å². The Morgan fingerprint density at radius 2 is 1.44 bits per heavy atom. The van der Waals surface area contributed by atoms with E-state index in [1.165, 1.54) is 17.4 Å². The Morgan fingerprint density at radius 3 is 2.06 bits per heavy atom. The van der Waals surface area contributed by atoms with E-state index in [4.69, 9.17) is 0 Å². The largest absolute Gasteiger partial charge is 0.308 e. The molecule has 0 saturated heterocycles. The van der Waals surface area contributed by atoms with Crippen molar-refractivity contribution in [3.63, 3.8) is 0 Å². The lowest BCUT2D eigenvalue weighted by atomic mass is 10.0. The minimum absolute atomic E-state index is 0. The number of halogens is 1. The van der Waals surface area contributed by atoms with E-state index in [-0.39, 0.29) is 29.0 Å². The molecule has 1 aromatic heterocycles. The van der Waals surface area contributed by atoms with Gasteiger partial charge < -0.3 is 4.90 Å². The molecule has 0 aliphatic rings. The second-order valence-corrected chi connectivity index (χ2v) is 11.4. The quantitative estimate of drug-likeness (QED) is 0.303. The summed E-state index contributed by atoms with van der Waals surface area (Å²) in [5.74, 6) is -0.390. The first-order chi connectivity index (χ1) is 16.6. The normalized spacial score (nSPS) is 11.3. The van der Waals surface area contributed by atoms with E-state index < -0.39 is 9.84 Å². The summed E-state index contributed by atoms with van der Waals surface area (Å²) in [5, 5.41) is 0.424. The summed E-state index contributed by atoms with van der Waals surface area (Å²) in [6, 6.07) is 20.5. The lowest BCUT2D eigenvalue weighted by molar-refractivity contribution is 0.0982. The molecule has 3 aromatic carbocycles. The number of thiazole rings is 1. The molecule has 1 amide bonds. The highest BCUT2D eigenvalue weighted by atomic mass is 35.5. The zero-order chi connectivity index (χ0) is 25.2. The predicted octanol–water partition coefficient (Wildman–Crippen LogP) is 4.56. The average molecular weight is 544 g/mol. The van der Waals surface area contributed by atoms with Gasteiger partial charge in [-0.15, -0.1) is 12.4 Å². The zero-order valence-electron chi connectivity index (χ0n) is 20.0. The van der Waals surface area contributed by atoms with Gasteiger partial charge in [-0.3, -0.25) is 14.5 Å². The van der Waals surface area contributed by atoms with E-state index in [2.05, 4.69) is 4.98 Å². The number of benzene rings is 3. The summed E-state index contributed by atoms with van der Waals surface area (Å²) in [6.45, 7) is 0.954. The average Bonchev–Trinajstić information content (AvgIpc) is 3.27. The molecule has 0 radical (unpaired) electrons. The molecule has 4 aromatic rings. The Hall–Kier alpha value is -3.11. The standard InChI is InChI=1S/C26H25N3O4S2.ClH/c1-28(2)16-17-29(26-27-23-21(34-26)10-7-11-22(23)35(3,32)33)25(31)20-14-12-19(13-15-20)24(30)18-8-5-4-6-9-18;/h4-15H,16-17H2,1-3H3;1H. The predicted molar refractivity (Wildman–Crippen MR) is 147 cm³/mol. The van der Waals surface area contributed by atoms with E-state index in [1.807, 2.05) is 25.1 Å². The SMILES string of the molecule is CN(C)CCN(C(=O)c1ccc(C(=O)c2ccccc2)cc1)c1nc2c(S(C)(=O)=O)cccc2s1.Cl. The van der Waals surface area contributed by atoms with Gasteiger partial charge in [0.25, 0.3) is 5.91 Å². The number of carbonyl (C=O) groups is 2. The third-order valence-electron chi connectivity index (χ3n) is 5.45. The number of nitrogens with zero attached hydrogens (tertiary/aromatic N) is 3. The van der Waals surface area contributed by atoms with Crippen molar-refractivity contribution >= 4 is 60.6 Å². The number of hydrogen-bond donors (Lipinski definition) is 0. The number of anilines is 1. The highest BCUT2D eigenvalue weighted by Crippen LogP contribution is 2.33. The van der Waals surface area contributed by atoms with Gasteiger partial charge in [0, 0.05) is 36.0 Å². The number of rotatable bonds is 8. The molecule has 0 aliphatic heterocycles. The Morgan fingerprint density at radius 1 is 0.833 bits per heavy atom. The van der Waals surface area contributed by atoms with Crippen molar-refractivity contribution in [2.24, 2.45) is 0 Å². The number of sulfone groups is 1. The Bertz CT molecular complexity index is 1480. The van der Waals surface area contributed by atoms with E-state index in [9.17, 15) is 18.0 Å². The third-order valence-corrected chi connectivity index (χ3v) is 7.62. The van der Waals surface area contributed by atoms with Gasteiger partial charge in [-0.1, -0.05) is 59.9 Å². The second kappa shape index (κ2) is 11.3. The first-order valence-electron chi connectivity index (χ1n) is 10.9. The number of fused-ring (bicyclic) bond motifs is 1. The van der Waals surface area contributed by atoms with Crippen LogP contribution in [0.2, 0.25) is 0 Å². The van der Waals surface area contributed by atoms with Crippen molar-refractivity contribution in [3.05, 3.63) is 89.5 Å². The zero-order valence-corrected chi connectivity index (χ0v) is 22.5. The van der Waals surface area contributed by atoms with Gasteiger partial charge in [0.15, 0.2) is 20.8 Å². The molecule has 0 unspecified atom stereocenters. The maximum atomic E-state index is 13.5. The smallest absolute Gasteiger partial charge is 0.260 e. The fraction of sp³-hybridized carbons (Fsp3) is 0.192. The number of hydrogen-bond acceptors (Lipinski definition) is 7. The molecule has 0 spiro atoms. The van der Waals surface area contributed by atoms with Crippen LogP contribution in [0.3, 0.4) is 0 Å². The van der Waals surface area contributed by atoms with Crippen LogP contribution in [-0.4, -0.2) is 63.4 Å². The maximum absolute atomic E-state index is 13.5. The summed E-state index contributed by atoms with van der Waals surface area (Å²) >= 11 is 1.27. The summed E-state index contributed by atoms with van der Waals surface area (Å²) in [5.41, 5.74) is 1.85. The number of aromatic nitrogens is 1. The molecule has 36 heavy (non-hydrogen) atoms. The molecule has 0 aliphatic carbocycles. The minimum atomic E-state index is -3.48. The van der Waals surface area contributed by atoms with Crippen LogP contribution >= 0.6 is 23.7 Å². The van der Waals surface area contributed by atoms with Crippen LogP contribution in [-0.2, 0) is 9.84 Å². The summed E-state index contributed by atoms with van der Waals surface area (Å²) < 4.78 is 25.2. The van der Waals surface area contributed by atoms with E-state index in [0.717, 1.165) is 6.26 Å². The van der Waals surface area contributed by atoms with Crippen LogP contribution < -0.4 is 4.90 Å². The van der Waals surface area contributed by atoms with Gasteiger partial charge in [0.2, 0.25) is 0 Å². The molecule has 7 nitrogen and oxygen atoms in total. The summed E-state index contributed by atoms with van der Waals surface area (Å²) in [4.78, 5) is 34.5. The van der Waals surface area contributed by atoms with Crippen LogP contribution in [0, 0.1) is 0 Å². The maximum Gasteiger partial charge on any atom is 0.260 e. The van der Waals surface area contributed by atoms with Crippen molar-refractivity contribution in [1.29, 1.82) is 0 Å². The van der Waals surface area contributed by atoms with Crippen molar-refractivity contribution in [1.82, 2.24) is 9.88 Å². The summed E-state index contributed by atoms with van der Waals surface area (Å²) in [7, 11) is 0.344. The molecule has 0 fully saturated rings. The van der Waals surface area contributed by atoms with Gasteiger partial charge in [-0.2, -0.15) is 0 Å². The van der Waals surface area contributed by atoms with E-state index >= 15 is 0 Å².